The second-order valence-corrected chi connectivity index (χ2v) is 4.61. The summed E-state index contributed by atoms with van der Waals surface area (Å²) in [6.07, 6.45) is 4.39. The topological polar surface area (TPSA) is 37.8 Å². The van der Waals surface area contributed by atoms with Crippen molar-refractivity contribution in [2.75, 3.05) is 5.32 Å². The van der Waals surface area contributed by atoms with Crippen LogP contribution in [0.25, 0.3) is 0 Å². The first kappa shape index (κ1) is 9.93. The number of aromatic nitrogens is 2. The summed E-state index contributed by atoms with van der Waals surface area (Å²) in [5, 5.41) is 3.10. The van der Waals surface area contributed by atoms with Gasteiger partial charge in [0.25, 0.3) is 5.92 Å². The predicted octanol–water partition coefficient (Wildman–Crippen LogP) is 2.17. The van der Waals surface area contributed by atoms with Crippen LogP contribution in [-0.4, -0.2) is 21.9 Å². The molecule has 0 bridgehead atoms. The quantitative estimate of drug-likeness (QED) is 0.838. The van der Waals surface area contributed by atoms with Crippen molar-refractivity contribution in [2.45, 2.75) is 44.1 Å². The molecule has 1 fully saturated rings. The number of halogens is 2. The molecule has 0 radical (unpaired) electrons. The number of nitrogens with zero attached hydrogens (tertiary/aromatic N) is 2. The summed E-state index contributed by atoms with van der Waals surface area (Å²) in [5.74, 6) is -1.71. The molecule has 0 saturated heterocycles. The summed E-state index contributed by atoms with van der Waals surface area (Å²) in [4.78, 5) is 8.35. The summed E-state index contributed by atoms with van der Waals surface area (Å²) < 4.78 is 25.4. The number of alkyl halides is 2. The summed E-state index contributed by atoms with van der Waals surface area (Å²) in [6, 6.07) is -0.130. The molecule has 1 N–H and O–H groups in total. The molecular weight excluding hydrogens is 212 g/mol. The number of aryl methyl sites for hydroxylation is 1. The molecular formula is C11H13F2N3. The third kappa shape index (κ3) is 1.64. The smallest absolute Gasteiger partial charge is 0.252 e. The van der Waals surface area contributed by atoms with Gasteiger partial charge >= 0.3 is 0 Å². The summed E-state index contributed by atoms with van der Waals surface area (Å²) in [5.41, 5.74) is 2.20. The van der Waals surface area contributed by atoms with Gasteiger partial charge in [-0.3, -0.25) is 0 Å². The Hall–Kier alpha value is -1.26. The van der Waals surface area contributed by atoms with Crippen molar-refractivity contribution in [3.05, 3.63) is 17.6 Å². The molecule has 1 heterocycles. The Morgan fingerprint density at radius 2 is 2.06 bits per heavy atom. The van der Waals surface area contributed by atoms with Crippen molar-refractivity contribution < 1.29 is 8.78 Å². The minimum Gasteiger partial charge on any atom is -0.367 e. The van der Waals surface area contributed by atoms with E-state index in [1.165, 1.54) is 6.33 Å². The number of nitrogens with one attached hydrogen (secondary N) is 1. The van der Waals surface area contributed by atoms with Crippen molar-refractivity contribution in [1.82, 2.24) is 9.97 Å². The number of anilines is 1. The summed E-state index contributed by atoms with van der Waals surface area (Å²) >= 11 is 0. The molecule has 1 aromatic heterocycles. The van der Waals surface area contributed by atoms with E-state index in [1.807, 2.05) is 0 Å². The molecule has 86 valence electrons. The summed E-state index contributed by atoms with van der Waals surface area (Å²) in [6.45, 7) is 0. The van der Waals surface area contributed by atoms with Gasteiger partial charge in [0.05, 0.1) is 0 Å². The van der Waals surface area contributed by atoms with Gasteiger partial charge in [-0.2, -0.15) is 0 Å². The third-order valence-electron chi connectivity index (χ3n) is 3.31. The van der Waals surface area contributed by atoms with Crippen molar-refractivity contribution in [3.8, 4) is 0 Å². The standard InChI is InChI=1S/C11H13F2N3/c12-11(13)4-7(5-11)16-10-8-2-1-3-9(8)14-6-15-10/h6-7H,1-5H2,(H,14,15,16). The zero-order valence-electron chi connectivity index (χ0n) is 8.84. The minimum atomic E-state index is -2.48. The predicted molar refractivity (Wildman–Crippen MR) is 55.6 cm³/mol. The van der Waals surface area contributed by atoms with E-state index in [2.05, 4.69) is 15.3 Å². The minimum absolute atomic E-state index is 0.0776. The van der Waals surface area contributed by atoms with E-state index < -0.39 is 5.92 Å². The molecule has 0 atom stereocenters. The van der Waals surface area contributed by atoms with Crippen LogP contribution in [0.5, 0.6) is 0 Å². The highest BCUT2D eigenvalue weighted by atomic mass is 19.3. The van der Waals surface area contributed by atoms with Crippen LogP contribution in [0.4, 0.5) is 14.6 Å². The average Bonchev–Trinajstić information content (AvgIpc) is 2.63. The first-order chi connectivity index (χ1) is 7.64. The van der Waals surface area contributed by atoms with Gasteiger partial charge in [0, 0.05) is 30.1 Å². The van der Waals surface area contributed by atoms with Crippen LogP contribution in [0.1, 0.15) is 30.5 Å². The molecule has 2 aliphatic carbocycles. The normalized spacial score (nSPS) is 22.6. The largest absolute Gasteiger partial charge is 0.367 e. The fourth-order valence-electron chi connectivity index (χ4n) is 2.44. The second kappa shape index (κ2) is 3.37. The third-order valence-corrected chi connectivity index (χ3v) is 3.31. The highest BCUT2D eigenvalue weighted by Gasteiger charge is 2.45. The molecule has 2 aliphatic rings. The molecule has 3 nitrogen and oxygen atoms in total. The Balaban J connectivity index is 1.74. The maximum absolute atomic E-state index is 12.7. The highest BCUT2D eigenvalue weighted by Crippen LogP contribution is 2.39. The van der Waals surface area contributed by atoms with Gasteiger partial charge in [-0.05, 0) is 19.3 Å². The number of hydrogen-bond acceptors (Lipinski definition) is 3. The Morgan fingerprint density at radius 1 is 1.25 bits per heavy atom. The zero-order chi connectivity index (χ0) is 11.2. The number of fused-ring (bicyclic) bond motifs is 1. The lowest BCUT2D eigenvalue weighted by molar-refractivity contribution is -0.0794. The molecule has 0 aromatic carbocycles. The maximum atomic E-state index is 12.7. The Kier molecular flexibility index (Phi) is 2.09. The van der Waals surface area contributed by atoms with Crippen molar-refractivity contribution in [2.24, 2.45) is 0 Å². The molecule has 3 rings (SSSR count). The first-order valence-electron chi connectivity index (χ1n) is 5.61. The number of rotatable bonds is 2. The van der Waals surface area contributed by atoms with Gasteiger partial charge in [0.2, 0.25) is 0 Å². The lowest BCUT2D eigenvalue weighted by Gasteiger charge is -2.35. The SMILES string of the molecule is FC1(F)CC(Nc2ncnc3c2CCC3)C1. The van der Waals surface area contributed by atoms with E-state index in [4.69, 9.17) is 0 Å². The van der Waals surface area contributed by atoms with Crippen molar-refractivity contribution in [1.29, 1.82) is 0 Å². The number of hydrogen-bond donors (Lipinski definition) is 1. The lowest BCUT2D eigenvalue weighted by atomic mass is 9.88. The van der Waals surface area contributed by atoms with Gasteiger partial charge in [-0.15, -0.1) is 0 Å². The van der Waals surface area contributed by atoms with E-state index >= 15 is 0 Å². The Morgan fingerprint density at radius 3 is 2.81 bits per heavy atom. The Bertz CT molecular complexity index is 412. The van der Waals surface area contributed by atoms with E-state index in [-0.39, 0.29) is 18.9 Å². The maximum Gasteiger partial charge on any atom is 0.252 e. The summed E-state index contributed by atoms with van der Waals surface area (Å²) in [7, 11) is 0. The van der Waals surface area contributed by atoms with Gasteiger partial charge < -0.3 is 5.32 Å². The molecule has 0 spiro atoms. The highest BCUT2D eigenvalue weighted by molar-refractivity contribution is 5.49. The van der Waals surface area contributed by atoms with Crippen molar-refractivity contribution >= 4 is 5.82 Å². The van der Waals surface area contributed by atoms with Crippen LogP contribution in [0.2, 0.25) is 0 Å². The van der Waals surface area contributed by atoms with Crippen LogP contribution < -0.4 is 5.32 Å². The zero-order valence-corrected chi connectivity index (χ0v) is 8.84. The molecule has 1 aromatic rings. The van der Waals surface area contributed by atoms with Crippen LogP contribution in [0, 0.1) is 0 Å². The monoisotopic (exact) mass is 225 g/mol. The van der Waals surface area contributed by atoms with E-state index in [0.717, 1.165) is 36.3 Å². The first-order valence-corrected chi connectivity index (χ1v) is 5.61. The molecule has 0 aliphatic heterocycles. The van der Waals surface area contributed by atoms with E-state index in [1.54, 1.807) is 0 Å². The molecule has 1 saturated carbocycles. The van der Waals surface area contributed by atoms with Gasteiger partial charge in [0.15, 0.2) is 0 Å². The van der Waals surface area contributed by atoms with Crippen LogP contribution >= 0.6 is 0 Å². The Labute approximate surface area is 92.3 Å². The van der Waals surface area contributed by atoms with Crippen LogP contribution in [-0.2, 0) is 12.8 Å². The molecule has 0 amide bonds. The van der Waals surface area contributed by atoms with Crippen molar-refractivity contribution in [3.63, 3.8) is 0 Å². The van der Waals surface area contributed by atoms with Gasteiger partial charge in [-0.25, -0.2) is 18.7 Å². The lowest BCUT2D eigenvalue weighted by Crippen LogP contribution is -2.44. The van der Waals surface area contributed by atoms with E-state index in [9.17, 15) is 8.78 Å². The van der Waals surface area contributed by atoms with Gasteiger partial charge in [-0.1, -0.05) is 0 Å². The molecule has 16 heavy (non-hydrogen) atoms. The van der Waals surface area contributed by atoms with Gasteiger partial charge in [0.1, 0.15) is 12.1 Å². The second-order valence-electron chi connectivity index (χ2n) is 4.61. The fraction of sp³-hybridized carbons (Fsp3) is 0.636. The molecule has 5 heteroatoms. The van der Waals surface area contributed by atoms with Crippen LogP contribution in [0.3, 0.4) is 0 Å². The average molecular weight is 225 g/mol. The van der Waals surface area contributed by atoms with E-state index in [0.29, 0.717) is 0 Å². The van der Waals surface area contributed by atoms with Crippen LogP contribution in [0.15, 0.2) is 6.33 Å². The molecule has 0 unspecified atom stereocenters. The fourth-order valence-corrected chi connectivity index (χ4v) is 2.44.